The van der Waals surface area contributed by atoms with Crippen LogP contribution < -0.4 is 0 Å². The van der Waals surface area contributed by atoms with E-state index in [9.17, 15) is 9.59 Å². The molecular formula is C18H16N2O2. The summed E-state index contributed by atoms with van der Waals surface area (Å²) in [4.78, 5) is 24.4. The molecule has 4 nitrogen and oxygen atoms in total. The number of nitrogens with zero attached hydrogens (tertiary/aromatic N) is 2. The minimum Gasteiger partial charge on any atom is -0.267 e. The molecule has 2 amide bonds. The van der Waals surface area contributed by atoms with Gasteiger partial charge in [0, 0.05) is 5.71 Å². The molecule has 110 valence electrons. The minimum absolute atomic E-state index is 0.348. The smallest absolute Gasteiger partial charge is 0.267 e. The molecule has 0 unspecified atom stereocenters. The Morgan fingerprint density at radius 2 is 1.45 bits per heavy atom. The maximum absolute atomic E-state index is 12.2. The van der Waals surface area contributed by atoms with Crippen LogP contribution in [0.5, 0.6) is 0 Å². The van der Waals surface area contributed by atoms with Gasteiger partial charge in [-0.2, -0.15) is 10.1 Å². The summed E-state index contributed by atoms with van der Waals surface area (Å²) >= 11 is 0. The lowest BCUT2D eigenvalue weighted by atomic mass is 10.1. The summed E-state index contributed by atoms with van der Waals surface area (Å²) in [6.45, 7) is 1.84. The summed E-state index contributed by atoms with van der Waals surface area (Å²) in [7, 11) is 0. The minimum atomic E-state index is -0.348. The highest BCUT2D eigenvalue weighted by Gasteiger charge is 2.35. The number of carbonyl (C=O) groups excluding carboxylic acids is 2. The molecule has 0 saturated heterocycles. The number of hydrogen-bond acceptors (Lipinski definition) is 3. The molecule has 0 bridgehead atoms. The average Bonchev–Trinajstić information content (AvgIpc) is 2.79. The second-order valence-corrected chi connectivity index (χ2v) is 5.29. The SMILES string of the molecule is CC(CCc1ccccc1)=NN1C(=O)c2ccccc2C1=O. The highest BCUT2D eigenvalue weighted by atomic mass is 16.2. The maximum atomic E-state index is 12.2. The van der Waals surface area contributed by atoms with Crippen molar-refractivity contribution >= 4 is 17.5 Å². The number of benzene rings is 2. The van der Waals surface area contributed by atoms with Crippen LogP contribution in [0.3, 0.4) is 0 Å². The van der Waals surface area contributed by atoms with E-state index in [1.807, 2.05) is 25.1 Å². The van der Waals surface area contributed by atoms with Crippen LogP contribution in [0.2, 0.25) is 0 Å². The van der Waals surface area contributed by atoms with E-state index in [0.29, 0.717) is 17.5 Å². The predicted molar refractivity (Wildman–Crippen MR) is 84.8 cm³/mol. The first kappa shape index (κ1) is 14.2. The van der Waals surface area contributed by atoms with E-state index in [4.69, 9.17) is 0 Å². The first-order valence-electron chi connectivity index (χ1n) is 7.22. The van der Waals surface area contributed by atoms with E-state index < -0.39 is 0 Å². The molecule has 0 atom stereocenters. The molecule has 1 aliphatic heterocycles. The summed E-state index contributed by atoms with van der Waals surface area (Å²) in [5, 5.41) is 5.20. The van der Waals surface area contributed by atoms with Crippen LogP contribution in [-0.4, -0.2) is 22.5 Å². The van der Waals surface area contributed by atoms with Crippen molar-refractivity contribution in [1.82, 2.24) is 5.01 Å². The monoisotopic (exact) mass is 292 g/mol. The molecule has 22 heavy (non-hydrogen) atoms. The lowest BCUT2D eigenvalue weighted by molar-refractivity contribution is 0.0658. The lowest BCUT2D eigenvalue weighted by Crippen LogP contribution is -2.25. The van der Waals surface area contributed by atoms with Gasteiger partial charge in [0.1, 0.15) is 0 Å². The van der Waals surface area contributed by atoms with E-state index >= 15 is 0 Å². The number of hydrazone groups is 1. The van der Waals surface area contributed by atoms with Crippen molar-refractivity contribution < 1.29 is 9.59 Å². The van der Waals surface area contributed by atoms with E-state index in [2.05, 4.69) is 17.2 Å². The Morgan fingerprint density at radius 3 is 2.05 bits per heavy atom. The lowest BCUT2D eigenvalue weighted by Gasteiger charge is -2.09. The number of hydrogen-bond donors (Lipinski definition) is 0. The van der Waals surface area contributed by atoms with Gasteiger partial charge in [-0.25, -0.2) is 0 Å². The Kier molecular flexibility index (Phi) is 3.83. The fourth-order valence-corrected chi connectivity index (χ4v) is 2.46. The second kappa shape index (κ2) is 5.93. The molecule has 0 fully saturated rings. The van der Waals surface area contributed by atoms with Gasteiger partial charge in [-0.15, -0.1) is 0 Å². The summed E-state index contributed by atoms with van der Waals surface area (Å²) in [5.74, 6) is -0.695. The van der Waals surface area contributed by atoms with Crippen molar-refractivity contribution in [3.63, 3.8) is 0 Å². The first-order valence-corrected chi connectivity index (χ1v) is 7.22. The molecular weight excluding hydrogens is 276 g/mol. The van der Waals surface area contributed by atoms with E-state index in [-0.39, 0.29) is 11.8 Å². The molecule has 3 rings (SSSR count). The van der Waals surface area contributed by atoms with Crippen LogP contribution in [0.25, 0.3) is 0 Å². The fourth-order valence-electron chi connectivity index (χ4n) is 2.46. The Morgan fingerprint density at radius 1 is 0.909 bits per heavy atom. The van der Waals surface area contributed by atoms with Gasteiger partial charge in [0.15, 0.2) is 0 Å². The summed E-state index contributed by atoms with van der Waals surface area (Å²) in [6, 6.07) is 16.9. The van der Waals surface area contributed by atoms with Gasteiger partial charge in [0.2, 0.25) is 0 Å². The third-order valence-corrected chi connectivity index (χ3v) is 3.66. The predicted octanol–water partition coefficient (Wildman–Crippen LogP) is 3.29. The van der Waals surface area contributed by atoms with Crippen LogP contribution in [0.1, 0.15) is 39.6 Å². The molecule has 0 N–H and O–H groups in total. The van der Waals surface area contributed by atoms with Crippen molar-refractivity contribution in [3.8, 4) is 0 Å². The summed E-state index contributed by atoms with van der Waals surface area (Å²) in [5.41, 5.74) is 2.82. The molecule has 0 aliphatic carbocycles. The van der Waals surface area contributed by atoms with Crippen molar-refractivity contribution in [1.29, 1.82) is 0 Å². The number of rotatable bonds is 4. The molecule has 0 radical (unpaired) electrons. The number of amides is 2. The van der Waals surface area contributed by atoms with Gasteiger partial charge in [-0.3, -0.25) is 9.59 Å². The Labute approximate surface area is 129 Å². The van der Waals surface area contributed by atoms with Crippen LogP contribution in [0.15, 0.2) is 59.7 Å². The van der Waals surface area contributed by atoms with Gasteiger partial charge in [-0.05, 0) is 37.5 Å². The molecule has 0 spiro atoms. The third kappa shape index (κ3) is 2.68. The highest BCUT2D eigenvalue weighted by molar-refractivity contribution is 6.21. The Balaban J connectivity index is 1.73. The third-order valence-electron chi connectivity index (χ3n) is 3.66. The zero-order chi connectivity index (χ0) is 15.5. The highest BCUT2D eigenvalue weighted by Crippen LogP contribution is 2.22. The van der Waals surface area contributed by atoms with Crippen molar-refractivity contribution in [3.05, 3.63) is 71.3 Å². The normalized spacial score (nSPS) is 14.4. The van der Waals surface area contributed by atoms with Gasteiger partial charge in [-0.1, -0.05) is 42.5 Å². The topological polar surface area (TPSA) is 49.7 Å². The molecule has 1 heterocycles. The van der Waals surface area contributed by atoms with Gasteiger partial charge in [0.05, 0.1) is 11.1 Å². The molecule has 0 aromatic heterocycles. The Hall–Kier alpha value is -2.75. The first-order chi connectivity index (χ1) is 10.7. The quantitative estimate of drug-likeness (QED) is 0.641. The molecule has 0 saturated carbocycles. The van der Waals surface area contributed by atoms with E-state index in [1.165, 1.54) is 5.56 Å². The largest absolute Gasteiger partial charge is 0.282 e. The fraction of sp³-hybridized carbons (Fsp3) is 0.167. The second-order valence-electron chi connectivity index (χ2n) is 5.29. The number of fused-ring (bicyclic) bond motifs is 1. The van der Waals surface area contributed by atoms with Crippen LogP contribution >= 0.6 is 0 Å². The average molecular weight is 292 g/mol. The molecule has 1 aliphatic rings. The van der Waals surface area contributed by atoms with Crippen molar-refractivity contribution in [2.75, 3.05) is 0 Å². The number of carbonyl (C=O) groups is 2. The van der Waals surface area contributed by atoms with E-state index in [0.717, 1.165) is 17.1 Å². The van der Waals surface area contributed by atoms with Crippen molar-refractivity contribution in [2.45, 2.75) is 19.8 Å². The summed E-state index contributed by atoms with van der Waals surface area (Å²) < 4.78 is 0. The van der Waals surface area contributed by atoms with Gasteiger partial charge in [0.25, 0.3) is 11.8 Å². The maximum Gasteiger partial charge on any atom is 0.282 e. The Bertz CT molecular complexity index is 716. The zero-order valence-electron chi connectivity index (χ0n) is 12.3. The molecule has 4 heteroatoms. The number of imide groups is 1. The summed E-state index contributed by atoms with van der Waals surface area (Å²) in [6.07, 6.45) is 1.54. The van der Waals surface area contributed by atoms with Gasteiger partial charge < -0.3 is 0 Å². The molecule has 2 aromatic rings. The molecule has 2 aromatic carbocycles. The van der Waals surface area contributed by atoms with Crippen LogP contribution in [0.4, 0.5) is 0 Å². The van der Waals surface area contributed by atoms with Crippen LogP contribution in [-0.2, 0) is 6.42 Å². The van der Waals surface area contributed by atoms with Crippen molar-refractivity contribution in [2.24, 2.45) is 5.10 Å². The zero-order valence-corrected chi connectivity index (χ0v) is 12.3. The van der Waals surface area contributed by atoms with E-state index in [1.54, 1.807) is 24.3 Å². The number of aryl methyl sites for hydroxylation is 1. The van der Waals surface area contributed by atoms with Gasteiger partial charge >= 0.3 is 0 Å². The van der Waals surface area contributed by atoms with Crippen LogP contribution in [0, 0.1) is 0 Å². The standard InChI is InChI=1S/C18H16N2O2/c1-13(11-12-14-7-3-2-4-8-14)19-20-17(21)15-9-5-6-10-16(15)18(20)22/h2-10H,11-12H2,1H3.